The van der Waals surface area contributed by atoms with Crippen LogP contribution in [0, 0.1) is 11.3 Å². The second-order valence-corrected chi connectivity index (χ2v) is 6.20. The highest BCUT2D eigenvalue weighted by Gasteiger charge is 2.29. The van der Waals surface area contributed by atoms with Crippen LogP contribution in [0.4, 0.5) is 5.82 Å². The first kappa shape index (κ1) is 19.6. The molecule has 0 saturated heterocycles. The van der Waals surface area contributed by atoms with Gasteiger partial charge in [-0.15, -0.1) is 0 Å². The number of carbonyl (C=O) groups excluding carboxylic acids is 1. The van der Waals surface area contributed by atoms with Crippen LogP contribution < -0.4 is 4.90 Å². The molecule has 0 saturated carbocycles. The summed E-state index contributed by atoms with van der Waals surface area (Å²) >= 11 is 0. The maximum atomic E-state index is 12.2. The van der Waals surface area contributed by atoms with Crippen molar-refractivity contribution < 1.29 is 9.53 Å². The normalized spacial score (nSPS) is 11.8. The largest absolute Gasteiger partial charge is 0.468 e. The maximum Gasteiger partial charge on any atom is 0.329 e. The molecule has 0 aliphatic heterocycles. The minimum Gasteiger partial charge on any atom is -0.468 e. The minimum atomic E-state index is -1.09. The summed E-state index contributed by atoms with van der Waals surface area (Å²) in [6.45, 7) is 5.90. The van der Waals surface area contributed by atoms with Gasteiger partial charge in [0.05, 0.1) is 24.2 Å². The monoisotopic (exact) mass is 354 g/mol. The molecule has 0 N–H and O–H groups in total. The summed E-state index contributed by atoms with van der Waals surface area (Å²) in [5, 5.41) is 9.57. The second-order valence-electron chi connectivity index (χ2n) is 6.20. The van der Waals surface area contributed by atoms with E-state index in [4.69, 9.17) is 9.72 Å². The van der Waals surface area contributed by atoms with Crippen molar-refractivity contribution in [2.24, 2.45) is 0 Å². The van der Waals surface area contributed by atoms with Crippen LogP contribution in [-0.2, 0) is 9.53 Å². The summed E-state index contributed by atoms with van der Waals surface area (Å²) in [7, 11) is 1.28. The van der Waals surface area contributed by atoms with Crippen LogP contribution in [-0.4, -0.2) is 36.1 Å². The van der Waals surface area contributed by atoms with Crippen LogP contribution >= 0.6 is 0 Å². The van der Waals surface area contributed by atoms with Gasteiger partial charge in [-0.1, -0.05) is 38.8 Å². The third kappa shape index (κ3) is 4.48. The molecule has 1 heterocycles. The van der Waals surface area contributed by atoms with Crippen molar-refractivity contribution in [2.45, 2.75) is 45.4 Å². The summed E-state index contributed by atoms with van der Waals surface area (Å²) in [5.41, 5.74) is 1.80. The number of anilines is 1. The number of aromatic nitrogens is 2. The molecule has 26 heavy (non-hydrogen) atoms. The number of unbranched alkanes of at least 4 members (excludes halogenated alkanes) is 2. The molecule has 0 aliphatic carbocycles. The summed E-state index contributed by atoms with van der Waals surface area (Å²) in [4.78, 5) is 23.7. The molecule has 2 rings (SSSR count). The van der Waals surface area contributed by atoms with Gasteiger partial charge in [0.15, 0.2) is 11.7 Å². The summed E-state index contributed by atoms with van der Waals surface area (Å²) in [6.07, 6.45) is 4.12. The number of carbonyl (C=O) groups is 1. The number of nitriles is 1. The minimum absolute atomic E-state index is 0.380. The molecule has 0 radical (unpaired) electrons. The molecule has 6 heteroatoms. The van der Waals surface area contributed by atoms with Crippen LogP contribution in [0.5, 0.6) is 0 Å². The highest BCUT2D eigenvalue weighted by molar-refractivity contribution is 5.85. The predicted octanol–water partition coefficient (Wildman–Crippen LogP) is 3.82. The van der Waals surface area contributed by atoms with E-state index in [1.165, 1.54) is 7.11 Å². The van der Waals surface area contributed by atoms with E-state index in [1.54, 1.807) is 0 Å². The van der Waals surface area contributed by atoms with Gasteiger partial charge in [0, 0.05) is 13.1 Å². The van der Waals surface area contributed by atoms with Crippen molar-refractivity contribution in [3.63, 3.8) is 0 Å². The fourth-order valence-corrected chi connectivity index (χ4v) is 2.80. The SMILES string of the molecule is CCCCN(CCCC)c1nc2ccccc2nc1[C@@H](C#N)C(=O)OC. The molecule has 6 nitrogen and oxygen atoms in total. The standard InChI is InChI=1S/C20H26N4O2/c1-4-6-12-24(13-7-5-2)19-18(15(14-21)20(25)26-3)22-16-10-8-9-11-17(16)23-19/h8-11,15H,4-7,12-13H2,1-3H3/t15-/m1/s1. The summed E-state index contributed by atoms with van der Waals surface area (Å²) in [6, 6.07) is 9.55. The fraction of sp³-hybridized carbons (Fsp3) is 0.500. The van der Waals surface area contributed by atoms with Gasteiger partial charge in [-0.2, -0.15) is 5.26 Å². The third-order valence-corrected chi connectivity index (χ3v) is 4.28. The maximum absolute atomic E-state index is 12.2. The van der Waals surface area contributed by atoms with Gasteiger partial charge in [0.1, 0.15) is 5.69 Å². The Bertz CT molecular complexity index is 777. The van der Waals surface area contributed by atoms with Crippen LogP contribution in [0.2, 0.25) is 0 Å². The smallest absolute Gasteiger partial charge is 0.329 e. The Morgan fingerprint density at radius 1 is 1.15 bits per heavy atom. The van der Waals surface area contributed by atoms with Gasteiger partial charge in [-0.25, -0.2) is 9.97 Å². The van der Waals surface area contributed by atoms with E-state index in [1.807, 2.05) is 30.3 Å². The zero-order chi connectivity index (χ0) is 18.9. The number of benzene rings is 1. The van der Waals surface area contributed by atoms with Crippen molar-refractivity contribution >= 4 is 22.8 Å². The number of para-hydroxylation sites is 2. The van der Waals surface area contributed by atoms with Gasteiger partial charge in [0.25, 0.3) is 0 Å². The topological polar surface area (TPSA) is 79.1 Å². The van der Waals surface area contributed by atoms with Gasteiger partial charge in [0.2, 0.25) is 0 Å². The number of esters is 1. The number of nitrogens with zero attached hydrogens (tertiary/aromatic N) is 4. The molecular weight excluding hydrogens is 328 g/mol. The van der Waals surface area contributed by atoms with E-state index in [-0.39, 0.29) is 0 Å². The first-order chi connectivity index (χ1) is 12.7. The van der Waals surface area contributed by atoms with E-state index in [0.29, 0.717) is 17.0 Å². The molecule has 0 amide bonds. The lowest BCUT2D eigenvalue weighted by molar-refractivity contribution is -0.141. The zero-order valence-electron chi connectivity index (χ0n) is 15.7. The quantitative estimate of drug-likeness (QED) is 0.637. The Labute approximate surface area is 154 Å². The number of hydrogen-bond acceptors (Lipinski definition) is 6. The lowest BCUT2D eigenvalue weighted by atomic mass is 10.1. The number of ether oxygens (including phenoxy) is 1. The molecule has 0 spiro atoms. The average Bonchev–Trinajstić information content (AvgIpc) is 2.68. The molecule has 1 aromatic heterocycles. The number of fused-ring (bicyclic) bond motifs is 1. The summed E-state index contributed by atoms with van der Waals surface area (Å²) < 4.78 is 4.82. The van der Waals surface area contributed by atoms with Crippen molar-refractivity contribution in [1.82, 2.24) is 9.97 Å². The molecule has 1 aromatic carbocycles. The molecule has 2 aromatic rings. The van der Waals surface area contributed by atoms with Gasteiger partial charge >= 0.3 is 5.97 Å². The van der Waals surface area contributed by atoms with Gasteiger partial charge in [-0.05, 0) is 25.0 Å². The van der Waals surface area contributed by atoms with Crippen molar-refractivity contribution in [2.75, 3.05) is 25.1 Å². The van der Waals surface area contributed by atoms with E-state index >= 15 is 0 Å². The molecule has 0 unspecified atom stereocenters. The molecular formula is C20H26N4O2. The third-order valence-electron chi connectivity index (χ3n) is 4.28. The van der Waals surface area contributed by atoms with Gasteiger partial charge < -0.3 is 9.64 Å². The zero-order valence-corrected chi connectivity index (χ0v) is 15.7. The Balaban J connectivity index is 2.60. The average molecular weight is 354 g/mol. The van der Waals surface area contributed by atoms with E-state index in [2.05, 4.69) is 23.7 Å². The molecule has 1 atom stereocenters. The first-order valence-electron chi connectivity index (χ1n) is 9.15. The Morgan fingerprint density at radius 3 is 2.23 bits per heavy atom. The highest BCUT2D eigenvalue weighted by atomic mass is 16.5. The first-order valence-corrected chi connectivity index (χ1v) is 9.15. The predicted molar refractivity (Wildman–Crippen MR) is 102 cm³/mol. The van der Waals surface area contributed by atoms with Gasteiger partial charge in [-0.3, -0.25) is 4.79 Å². The van der Waals surface area contributed by atoms with Crippen LogP contribution in [0.3, 0.4) is 0 Å². The Kier molecular flexibility index (Phi) is 7.34. The van der Waals surface area contributed by atoms with Crippen LogP contribution in [0.25, 0.3) is 11.0 Å². The number of rotatable bonds is 9. The van der Waals surface area contributed by atoms with E-state index in [0.717, 1.165) is 44.3 Å². The lowest BCUT2D eigenvalue weighted by Gasteiger charge is -2.26. The van der Waals surface area contributed by atoms with Crippen LogP contribution in [0.1, 0.15) is 51.1 Å². The Hall–Kier alpha value is -2.68. The molecule has 0 bridgehead atoms. The molecule has 0 aliphatic rings. The highest BCUT2D eigenvalue weighted by Crippen LogP contribution is 2.28. The van der Waals surface area contributed by atoms with Crippen molar-refractivity contribution in [1.29, 1.82) is 5.26 Å². The van der Waals surface area contributed by atoms with Crippen LogP contribution in [0.15, 0.2) is 24.3 Å². The van der Waals surface area contributed by atoms with Crippen molar-refractivity contribution in [3.8, 4) is 6.07 Å². The molecule has 0 fully saturated rings. The number of methoxy groups -OCH3 is 1. The second kappa shape index (κ2) is 9.71. The van der Waals surface area contributed by atoms with Crippen molar-refractivity contribution in [3.05, 3.63) is 30.0 Å². The Morgan fingerprint density at radius 2 is 1.73 bits per heavy atom. The van der Waals surface area contributed by atoms with E-state index < -0.39 is 11.9 Å². The van der Waals surface area contributed by atoms with E-state index in [9.17, 15) is 10.1 Å². The number of hydrogen-bond donors (Lipinski definition) is 0. The summed E-state index contributed by atoms with van der Waals surface area (Å²) in [5.74, 6) is -1.08. The molecule has 138 valence electrons. The fourth-order valence-electron chi connectivity index (χ4n) is 2.80. The lowest BCUT2D eigenvalue weighted by Crippen LogP contribution is -2.29.